The summed E-state index contributed by atoms with van der Waals surface area (Å²) in [7, 11) is 0. The van der Waals surface area contributed by atoms with Gasteiger partial charge >= 0.3 is 5.97 Å². The summed E-state index contributed by atoms with van der Waals surface area (Å²) in [5.74, 6) is -0.794. The van der Waals surface area contributed by atoms with Crippen LogP contribution in [-0.2, 0) is 5.88 Å². The summed E-state index contributed by atoms with van der Waals surface area (Å²) < 4.78 is 0. The van der Waals surface area contributed by atoms with Crippen LogP contribution in [0.5, 0.6) is 0 Å². The number of hydrogen-bond donors (Lipinski definition) is 1. The Morgan fingerprint density at radius 1 is 1.82 bits per heavy atom. The topological polar surface area (TPSA) is 50.2 Å². The molecule has 1 heterocycles. The average Bonchev–Trinajstić information content (AvgIpc) is 2.30. The third kappa shape index (κ3) is 1.70. The molecule has 1 rings (SSSR count). The van der Waals surface area contributed by atoms with E-state index in [9.17, 15) is 4.79 Å². The standard InChI is InChI=1S/C6H6ClNO2S/c1-3-8-4(2-7)5(11-3)6(9)10/h2H2,1H3,(H,9,10). The number of aromatic nitrogens is 1. The van der Waals surface area contributed by atoms with Crippen LogP contribution in [0.1, 0.15) is 20.4 Å². The van der Waals surface area contributed by atoms with Crippen molar-refractivity contribution in [2.45, 2.75) is 12.8 Å². The van der Waals surface area contributed by atoms with Gasteiger partial charge in [-0.15, -0.1) is 22.9 Å². The number of halogens is 1. The molecule has 5 heteroatoms. The summed E-state index contributed by atoms with van der Waals surface area (Å²) in [4.78, 5) is 14.7. The summed E-state index contributed by atoms with van der Waals surface area (Å²) in [6, 6.07) is 0. The van der Waals surface area contributed by atoms with Gasteiger partial charge in [0.1, 0.15) is 4.88 Å². The van der Waals surface area contributed by atoms with E-state index in [0.717, 1.165) is 16.3 Å². The number of carboxylic acids is 1. The van der Waals surface area contributed by atoms with Crippen molar-refractivity contribution in [2.24, 2.45) is 0 Å². The number of aryl methyl sites for hydroxylation is 1. The van der Waals surface area contributed by atoms with Crippen molar-refractivity contribution < 1.29 is 9.90 Å². The molecule has 0 fully saturated rings. The van der Waals surface area contributed by atoms with Gasteiger partial charge < -0.3 is 5.11 Å². The first kappa shape index (κ1) is 8.49. The molecule has 3 nitrogen and oxygen atoms in total. The second-order valence-electron chi connectivity index (χ2n) is 1.95. The number of aromatic carboxylic acids is 1. The van der Waals surface area contributed by atoms with Gasteiger partial charge in [-0.3, -0.25) is 0 Å². The minimum Gasteiger partial charge on any atom is -0.477 e. The fourth-order valence-corrected chi connectivity index (χ4v) is 1.77. The molecule has 1 N–H and O–H groups in total. The van der Waals surface area contributed by atoms with Gasteiger partial charge in [0.2, 0.25) is 0 Å². The van der Waals surface area contributed by atoms with Crippen LogP contribution in [0, 0.1) is 6.92 Å². The Morgan fingerprint density at radius 3 is 2.82 bits per heavy atom. The SMILES string of the molecule is Cc1nc(CCl)c(C(=O)O)s1. The molecule has 0 unspecified atom stereocenters. The molecule has 0 amide bonds. The Hall–Kier alpha value is -0.610. The number of hydrogen-bond acceptors (Lipinski definition) is 3. The highest BCUT2D eigenvalue weighted by Crippen LogP contribution is 2.19. The largest absolute Gasteiger partial charge is 0.477 e. The van der Waals surface area contributed by atoms with Crippen LogP contribution in [0.2, 0.25) is 0 Å². The van der Waals surface area contributed by atoms with Crippen molar-refractivity contribution in [3.05, 3.63) is 15.6 Å². The summed E-state index contributed by atoms with van der Waals surface area (Å²) in [6.07, 6.45) is 0. The average molecular weight is 192 g/mol. The molecule has 0 atom stereocenters. The smallest absolute Gasteiger partial charge is 0.347 e. The predicted molar refractivity (Wildman–Crippen MR) is 43.4 cm³/mol. The predicted octanol–water partition coefficient (Wildman–Crippen LogP) is 1.89. The van der Waals surface area contributed by atoms with Gasteiger partial charge in [0.15, 0.2) is 0 Å². The van der Waals surface area contributed by atoms with Gasteiger partial charge in [-0.25, -0.2) is 9.78 Å². The minimum atomic E-state index is -0.953. The molecule has 0 aliphatic heterocycles. The normalized spacial score (nSPS) is 10.0. The lowest BCUT2D eigenvalue weighted by Gasteiger charge is -1.88. The molecular weight excluding hydrogens is 186 g/mol. The van der Waals surface area contributed by atoms with Crippen molar-refractivity contribution in [2.75, 3.05) is 0 Å². The van der Waals surface area contributed by atoms with Crippen molar-refractivity contribution in [3.8, 4) is 0 Å². The molecule has 0 aliphatic carbocycles. The zero-order valence-electron chi connectivity index (χ0n) is 5.80. The first-order valence-corrected chi connectivity index (χ1v) is 4.26. The first-order valence-electron chi connectivity index (χ1n) is 2.90. The molecule has 0 spiro atoms. The lowest BCUT2D eigenvalue weighted by molar-refractivity contribution is 0.0701. The van der Waals surface area contributed by atoms with Gasteiger partial charge in [0, 0.05) is 0 Å². The zero-order chi connectivity index (χ0) is 8.43. The summed E-state index contributed by atoms with van der Waals surface area (Å²) in [6.45, 7) is 1.76. The van der Waals surface area contributed by atoms with E-state index >= 15 is 0 Å². The highest BCUT2D eigenvalue weighted by atomic mass is 35.5. The van der Waals surface area contributed by atoms with Gasteiger partial charge in [-0.1, -0.05) is 0 Å². The highest BCUT2D eigenvalue weighted by molar-refractivity contribution is 7.13. The number of thiazole rings is 1. The minimum absolute atomic E-state index is 0.159. The zero-order valence-corrected chi connectivity index (χ0v) is 7.37. The van der Waals surface area contributed by atoms with Crippen molar-refractivity contribution in [1.29, 1.82) is 0 Å². The maximum atomic E-state index is 10.5. The molecule has 0 radical (unpaired) electrons. The van der Waals surface area contributed by atoms with E-state index in [4.69, 9.17) is 16.7 Å². The van der Waals surface area contributed by atoms with Crippen LogP contribution >= 0.6 is 22.9 Å². The van der Waals surface area contributed by atoms with Crippen LogP contribution in [0.3, 0.4) is 0 Å². The number of nitrogens with zero attached hydrogens (tertiary/aromatic N) is 1. The molecule has 0 saturated carbocycles. The molecule has 11 heavy (non-hydrogen) atoms. The Morgan fingerprint density at radius 2 is 2.45 bits per heavy atom. The monoisotopic (exact) mass is 191 g/mol. The van der Waals surface area contributed by atoms with E-state index in [2.05, 4.69) is 4.98 Å². The Kier molecular flexibility index (Phi) is 2.46. The number of carboxylic acid groups (broad SMARTS) is 1. The van der Waals surface area contributed by atoms with E-state index in [1.165, 1.54) is 0 Å². The molecule has 0 saturated heterocycles. The Labute approximate surface area is 72.6 Å². The first-order chi connectivity index (χ1) is 5.15. The van der Waals surface area contributed by atoms with Crippen molar-refractivity contribution >= 4 is 28.9 Å². The summed E-state index contributed by atoms with van der Waals surface area (Å²) in [5.41, 5.74) is 0.460. The quantitative estimate of drug-likeness (QED) is 0.727. The number of carbonyl (C=O) groups is 1. The van der Waals surface area contributed by atoms with Crippen LogP contribution in [0.25, 0.3) is 0 Å². The van der Waals surface area contributed by atoms with E-state index in [-0.39, 0.29) is 10.8 Å². The third-order valence-corrected chi connectivity index (χ3v) is 2.38. The van der Waals surface area contributed by atoms with Gasteiger partial charge in [0.05, 0.1) is 16.6 Å². The molecule has 1 aromatic heterocycles. The summed E-state index contributed by atoms with van der Waals surface area (Å²) >= 11 is 6.62. The fraction of sp³-hybridized carbons (Fsp3) is 0.333. The number of alkyl halides is 1. The summed E-state index contributed by atoms with van der Waals surface area (Å²) in [5, 5.41) is 9.36. The van der Waals surface area contributed by atoms with Crippen LogP contribution in [0.4, 0.5) is 0 Å². The fourth-order valence-electron chi connectivity index (χ4n) is 0.728. The van der Waals surface area contributed by atoms with Crippen LogP contribution in [-0.4, -0.2) is 16.1 Å². The lowest BCUT2D eigenvalue weighted by Crippen LogP contribution is -1.96. The maximum absolute atomic E-state index is 10.5. The highest BCUT2D eigenvalue weighted by Gasteiger charge is 2.13. The molecule has 60 valence electrons. The van der Waals surface area contributed by atoms with Crippen LogP contribution < -0.4 is 0 Å². The molecular formula is C6H6ClNO2S. The second-order valence-corrected chi connectivity index (χ2v) is 3.42. The van der Waals surface area contributed by atoms with E-state index in [0.29, 0.717) is 5.69 Å². The Bertz CT molecular complexity index is 284. The molecule has 1 aromatic rings. The van der Waals surface area contributed by atoms with Gasteiger partial charge in [-0.2, -0.15) is 0 Å². The molecule has 0 aliphatic rings. The third-order valence-electron chi connectivity index (χ3n) is 1.13. The molecule has 0 aromatic carbocycles. The van der Waals surface area contributed by atoms with Crippen LogP contribution in [0.15, 0.2) is 0 Å². The second kappa shape index (κ2) is 3.19. The van der Waals surface area contributed by atoms with E-state index in [1.807, 2.05) is 0 Å². The lowest BCUT2D eigenvalue weighted by atomic mass is 10.4. The van der Waals surface area contributed by atoms with E-state index < -0.39 is 5.97 Å². The number of rotatable bonds is 2. The van der Waals surface area contributed by atoms with E-state index in [1.54, 1.807) is 6.92 Å². The Balaban J connectivity index is 3.12. The van der Waals surface area contributed by atoms with Gasteiger partial charge in [-0.05, 0) is 6.92 Å². The van der Waals surface area contributed by atoms with Crippen molar-refractivity contribution in [3.63, 3.8) is 0 Å². The van der Waals surface area contributed by atoms with Gasteiger partial charge in [0.25, 0.3) is 0 Å². The van der Waals surface area contributed by atoms with Crippen molar-refractivity contribution in [1.82, 2.24) is 4.98 Å². The maximum Gasteiger partial charge on any atom is 0.347 e. The molecule has 0 bridgehead atoms.